The topological polar surface area (TPSA) is 9.86 Å². The Morgan fingerprint density at radius 1 is 0.512 bits per heavy atom. The number of nitrogens with zero attached hydrogens (tertiary/aromatic N) is 2. The van der Waals surface area contributed by atoms with E-state index in [2.05, 4.69) is 162 Å². The van der Waals surface area contributed by atoms with Gasteiger partial charge in [0.15, 0.2) is 0 Å². The Kier molecular flexibility index (Phi) is 5.87. The molecule has 0 amide bonds. The number of allylic oxidation sites excluding steroid dienone is 2. The predicted octanol–water partition coefficient (Wildman–Crippen LogP) is 11.1. The quantitative estimate of drug-likeness (QED) is 0.189. The summed E-state index contributed by atoms with van der Waals surface area (Å²) in [5.41, 5.74) is 12.1. The first-order valence-corrected chi connectivity index (χ1v) is 14.7. The van der Waals surface area contributed by atoms with E-state index in [-0.39, 0.29) is 0 Å². The van der Waals surface area contributed by atoms with Gasteiger partial charge in [-0.2, -0.15) is 0 Å². The highest BCUT2D eigenvalue weighted by Crippen LogP contribution is 2.40. The molecule has 0 radical (unpaired) electrons. The van der Waals surface area contributed by atoms with Gasteiger partial charge in [-0.05, 0) is 71.6 Å². The Balaban J connectivity index is 1.42. The maximum absolute atomic E-state index is 3.86. The van der Waals surface area contributed by atoms with Crippen LogP contribution in [0.15, 0.2) is 152 Å². The van der Waals surface area contributed by atoms with E-state index in [0.717, 1.165) is 5.69 Å². The first-order valence-electron chi connectivity index (χ1n) is 14.7. The largest absolute Gasteiger partial charge is 0.309 e. The van der Waals surface area contributed by atoms with Gasteiger partial charge >= 0.3 is 0 Å². The van der Waals surface area contributed by atoms with Gasteiger partial charge in [0, 0.05) is 32.9 Å². The molecular formula is C41H30N2. The molecule has 2 heterocycles. The molecule has 0 fully saturated rings. The standard InChI is InChI=1S/C41H30N2/c1-3-4-13-29-16-12-21-37(28(29)2)43-39-20-11-9-18-34(39)36-26-40-35(27-41(36)43)33-17-8-10-19-38(33)42(40)32-24-22-31(23-25-32)30-14-6-5-7-15-30/h3-27H,1H2,2H3/b13-4-. The van der Waals surface area contributed by atoms with Crippen LogP contribution in [0, 0.1) is 6.92 Å². The van der Waals surface area contributed by atoms with Gasteiger partial charge in [-0.3, -0.25) is 0 Å². The Labute approximate surface area is 251 Å². The lowest BCUT2D eigenvalue weighted by Crippen LogP contribution is -1.98. The van der Waals surface area contributed by atoms with E-state index in [1.165, 1.54) is 71.6 Å². The normalized spacial score (nSPS) is 11.8. The Morgan fingerprint density at radius 3 is 1.77 bits per heavy atom. The van der Waals surface area contributed by atoms with Crippen molar-refractivity contribution in [2.45, 2.75) is 6.92 Å². The maximum Gasteiger partial charge on any atom is 0.0548 e. The van der Waals surface area contributed by atoms with Gasteiger partial charge in [-0.1, -0.05) is 116 Å². The Hall–Kier alpha value is -5.60. The number of hydrogen-bond acceptors (Lipinski definition) is 0. The van der Waals surface area contributed by atoms with Crippen LogP contribution in [0.5, 0.6) is 0 Å². The lowest BCUT2D eigenvalue weighted by molar-refractivity contribution is 1.15. The van der Waals surface area contributed by atoms with E-state index in [0.29, 0.717) is 0 Å². The van der Waals surface area contributed by atoms with E-state index >= 15 is 0 Å². The SMILES string of the molecule is C=C/C=C\c1cccc(-n2c3ccccc3c3cc4c(cc32)c2ccccc2n4-c2ccc(-c3ccccc3)cc2)c1C. The molecule has 2 heteroatoms. The van der Waals surface area contributed by atoms with Crippen LogP contribution in [0.25, 0.3) is 72.2 Å². The minimum absolute atomic E-state index is 1.16. The second kappa shape index (κ2) is 10.0. The van der Waals surface area contributed by atoms with E-state index in [1.807, 2.05) is 12.2 Å². The molecule has 0 aliphatic heterocycles. The molecule has 2 nitrogen and oxygen atoms in total. The third-order valence-corrected chi connectivity index (χ3v) is 8.70. The first kappa shape index (κ1) is 25.1. The van der Waals surface area contributed by atoms with Crippen LogP contribution in [-0.2, 0) is 0 Å². The lowest BCUT2D eigenvalue weighted by atomic mass is 10.1. The van der Waals surface area contributed by atoms with Crippen molar-refractivity contribution in [2.24, 2.45) is 0 Å². The number of hydrogen-bond donors (Lipinski definition) is 0. The number of para-hydroxylation sites is 2. The fourth-order valence-corrected chi connectivity index (χ4v) is 6.64. The van der Waals surface area contributed by atoms with Crippen LogP contribution in [0.2, 0.25) is 0 Å². The molecule has 0 atom stereocenters. The smallest absolute Gasteiger partial charge is 0.0548 e. The van der Waals surface area contributed by atoms with Gasteiger partial charge in [-0.25, -0.2) is 0 Å². The molecule has 43 heavy (non-hydrogen) atoms. The van der Waals surface area contributed by atoms with Crippen molar-refractivity contribution in [2.75, 3.05) is 0 Å². The first-order chi connectivity index (χ1) is 21.2. The molecule has 0 bridgehead atoms. The molecule has 6 aromatic carbocycles. The molecule has 0 aliphatic carbocycles. The molecule has 0 aliphatic rings. The van der Waals surface area contributed by atoms with E-state index < -0.39 is 0 Å². The van der Waals surface area contributed by atoms with Crippen molar-refractivity contribution in [3.8, 4) is 22.5 Å². The number of rotatable bonds is 5. The van der Waals surface area contributed by atoms with Crippen molar-refractivity contribution in [3.05, 3.63) is 163 Å². The van der Waals surface area contributed by atoms with E-state index in [4.69, 9.17) is 0 Å². The summed E-state index contributed by atoms with van der Waals surface area (Å²) < 4.78 is 4.85. The molecule has 0 N–H and O–H groups in total. The predicted molar refractivity (Wildman–Crippen MR) is 185 cm³/mol. The minimum atomic E-state index is 1.16. The molecule has 0 saturated heterocycles. The van der Waals surface area contributed by atoms with E-state index in [1.54, 1.807) is 0 Å². The zero-order chi connectivity index (χ0) is 28.9. The van der Waals surface area contributed by atoms with Gasteiger partial charge in [0.1, 0.15) is 0 Å². The third-order valence-electron chi connectivity index (χ3n) is 8.70. The molecule has 8 rings (SSSR count). The van der Waals surface area contributed by atoms with Gasteiger partial charge in [-0.15, -0.1) is 0 Å². The molecule has 0 saturated carbocycles. The molecule has 204 valence electrons. The van der Waals surface area contributed by atoms with Crippen molar-refractivity contribution < 1.29 is 0 Å². The van der Waals surface area contributed by atoms with Gasteiger partial charge < -0.3 is 9.13 Å². The van der Waals surface area contributed by atoms with Crippen LogP contribution in [0.1, 0.15) is 11.1 Å². The zero-order valence-electron chi connectivity index (χ0n) is 24.0. The van der Waals surface area contributed by atoms with Crippen LogP contribution >= 0.6 is 0 Å². The number of aromatic nitrogens is 2. The van der Waals surface area contributed by atoms with E-state index in [9.17, 15) is 0 Å². The second-order valence-corrected chi connectivity index (χ2v) is 11.1. The average molecular weight is 551 g/mol. The summed E-state index contributed by atoms with van der Waals surface area (Å²) in [5, 5.41) is 5.00. The summed E-state index contributed by atoms with van der Waals surface area (Å²) in [6, 6.07) is 48.4. The van der Waals surface area contributed by atoms with Crippen LogP contribution in [0.3, 0.4) is 0 Å². The fourth-order valence-electron chi connectivity index (χ4n) is 6.64. The highest BCUT2D eigenvalue weighted by atomic mass is 15.0. The van der Waals surface area contributed by atoms with Gasteiger partial charge in [0.25, 0.3) is 0 Å². The summed E-state index contributed by atoms with van der Waals surface area (Å²) in [6.07, 6.45) is 5.96. The van der Waals surface area contributed by atoms with Gasteiger partial charge in [0.2, 0.25) is 0 Å². The van der Waals surface area contributed by atoms with Crippen molar-refractivity contribution >= 4 is 49.7 Å². The fraction of sp³-hybridized carbons (Fsp3) is 0.0244. The summed E-state index contributed by atoms with van der Waals surface area (Å²) in [6.45, 7) is 6.07. The third kappa shape index (κ3) is 3.95. The second-order valence-electron chi connectivity index (χ2n) is 11.1. The minimum Gasteiger partial charge on any atom is -0.309 e. The van der Waals surface area contributed by atoms with Crippen molar-refractivity contribution in [3.63, 3.8) is 0 Å². The van der Waals surface area contributed by atoms with Gasteiger partial charge in [0.05, 0.1) is 22.1 Å². The average Bonchev–Trinajstić information content (AvgIpc) is 3.56. The summed E-state index contributed by atoms with van der Waals surface area (Å²) in [5.74, 6) is 0. The van der Waals surface area contributed by atoms with Crippen LogP contribution in [0.4, 0.5) is 0 Å². The lowest BCUT2D eigenvalue weighted by Gasteiger charge is -2.13. The molecular weight excluding hydrogens is 520 g/mol. The monoisotopic (exact) mass is 550 g/mol. The Bertz CT molecular complexity index is 2350. The number of fused-ring (bicyclic) bond motifs is 6. The summed E-state index contributed by atoms with van der Waals surface area (Å²) in [7, 11) is 0. The van der Waals surface area contributed by atoms with Crippen LogP contribution < -0.4 is 0 Å². The number of benzene rings is 6. The molecule has 8 aromatic rings. The molecule has 0 spiro atoms. The summed E-state index contributed by atoms with van der Waals surface area (Å²) in [4.78, 5) is 0. The molecule has 0 unspecified atom stereocenters. The highest BCUT2D eigenvalue weighted by Gasteiger charge is 2.19. The Morgan fingerprint density at radius 2 is 1.09 bits per heavy atom. The highest BCUT2D eigenvalue weighted by molar-refractivity contribution is 6.19. The van der Waals surface area contributed by atoms with Crippen LogP contribution in [-0.4, -0.2) is 9.13 Å². The van der Waals surface area contributed by atoms with Crippen molar-refractivity contribution in [1.82, 2.24) is 9.13 Å². The molecule has 2 aromatic heterocycles. The van der Waals surface area contributed by atoms with Crippen molar-refractivity contribution in [1.29, 1.82) is 0 Å². The summed E-state index contributed by atoms with van der Waals surface area (Å²) >= 11 is 0. The maximum atomic E-state index is 3.86. The zero-order valence-corrected chi connectivity index (χ0v) is 24.0.